The molecule has 5 N–H and O–H groups in total. The predicted octanol–water partition coefficient (Wildman–Crippen LogP) is 5.33. The first kappa shape index (κ1) is 23.1. The zero-order valence-corrected chi connectivity index (χ0v) is 19.3. The molecule has 3 aromatic carbocycles. The fourth-order valence-corrected chi connectivity index (χ4v) is 4.49. The van der Waals surface area contributed by atoms with Crippen molar-refractivity contribution < 1.29 is 9.90 Å². The number of benzene rings is 3. The minimum absolute atomic E-state index is 0.0649. The molecule has 1 amide bonds. The van der Waals surface area contributed by atoms with Crippen molar-refractivity contribution in [2.45, 2.75) is 39.2 Å². The van der Waals surface area contributed by atoms with Crippen LogP contribution in [0.1, 0.15) is 42.5 Å². The largest absolute Gasteiger partial charge is 0.508 e. The third-order valence-electron chi connectivity index (χ3n) is 6.22. The van der Waals surface area contributed by atoms with E-state index in [2.05, 4.69) is 35.0 Å². The quantitative estimate of drug-likeness (QED) is 0.186. The Balaban J connectivity index is 0.000000257. The summed E-state index contributed by atoms with van der Waals surface area (Å²) >= 11 is 0. The summed E-state index contributed by atoms with van der Waals surface area (Å²) in [6.07, 6.45) is 7.49. The van der Waals surface area contributed by atoms with Crippen molar-refractivity contribution in [1.29, 1.82) is 5.41 Å². The molecule has 1 heterocycles. The standard InChI is InChI=1S/C21H19N3O.C7H11NO/c1-13-8-15-6-7-16(21(22)23)11-20(15)24(13)12-17-10-18(25)9-14-4-2-3-5-19(14)17;9-6-8-7-4-2-1-3-5-7/h2-11,25H,12H2,1H3,(H3,22,23);4,6H,1-3,5H2,(H,8,9). The van der Waals surface area contributed by atoms with Gasteiger partial charge >= 0.3 is 0 Å². The fourth-order valence-electron chi connectivity index (χ4n) is 4.49. The summed E-state index contributed by atoms with van der Waals surface area (Å²) in [6.45, 7) is 2.71. The number of fused-ring (bicyclic) bond motifs is 2. The Morgan fingerprint density at radius 2 is 1.94 bits per heavy atom. The van der Waals surface area contributed by atoms with Crippen molar-refractivity contribution >= 4 is 33.9 Å². The molecule has 1 aromatic heterocycles. The first-order valence-corrected chi connectivity index (χ1v) is 11.5. The maximum absolute atomic E-state index is 10.1. The number of nitrogens with one attached hydrogen (secondary N) is 2. The molecule has 4 aromatic rings. The third kappa shape index (κ3) is 5.12. The maximum Gasteiger partial charge on any atom is 0.211 e. The summed E-state index contributed by atoms with van der Waals surface area (Å²) in [5.74, 6) is 0.336. The van der Waals surface area contributed by atoms with Gasteiger partial charge in [-0.25, -0.2) is 0 Å². The summed E-state index contributed by atoms with van der Waals surface area (Å²) in [5, 5.41) is 23.7. The van der Waals surface area contributed by atoms with E-state index in [4.69, 9.17) is 11.1 Å². The second kappa shape index (κ2) is 10.3. The van der Waals surface area contributed by atoms with Crippen LogP contribution in [0.25, 0.3) is 21.7 Å². The number of hydrogen-bond acceptors (Lipinski definition) is 3. The highest BCUT2D eigenvalue weighted by Gasteiger charge is 2.11. The highest BCUT2D eigenvalue weighted by atomic mass is 16.3. The van der Waals surface area contributed by atoms with E-state index in [9.17, 15) is 9.90 Å². The van der Waals surface area contributed by atoms with Crippen LogP contribution in [0.4, 0.5) is 0 Å². The molecule has 0 atom stereocenters. The SMILES string of the molecule is Cc1cc2ccc(C(=N)N)cc2n1Cc1cc(O)cc2ccccc12.O=CNC1=CCCCC1. The van der Waals surface area contributed by atoms with E-state index in [0.717, 1.165) is 57.9 Å². The average Bonchev–Trinajstić information content (AvgIpc) is 3.14. The fraction of sp³-hybridized carbons (Fsp3) is 0.214. The second-order valence-corrected chi connectivity index (χ2v) is 8.62. The molecule has 174 valence electrons. The molecule has 0 spiro atoms. The second-order valence-electron chi connectivity index (χ2n) is 8.62. The molecule has 0 unspecified atom stereocenters. The number of aryl methyl sites for hydroxylation is 1. The molecule has 5 rings (SSSR count). The lowest BCUT2D eigenvalue weighted by molar-refractivity contribution is -0.109. The zero-order valence-electron chi connectivity index (χ0n) is 19.3. The van der Waals surface area contributed by atoms with E-state index in [0.29, 0.717) is 12.1 Å². The lowest BCUT2D eigenvalue weighted by Gasteiger charge is -2.12. The Bertz CT molecular complexity index is 1380. The number of amides is 1. The molecule has 1 aliphatic rings. The van der Waals surface area contributed by atoms with E-state index in [-0.39, 0.29) is 11.6 Å². The number of rotatable bonds is 5. The summed E-state index contributed by atoms with van der Waals surface area (Å²) in [4.78, 5) is 9.92. The van der Waals surface area contributed by atoms with Crippen molar-refractivity contribution in [3.8, 4) is 5.75 Å². The number of carbonyl (C=O) groups is 1. The molecule has 34 heavy (non-hydrogen) atoms. The van der Waals surface area contributed by atoms with E-state index < -0.39 is 0 Å². The van der Waals surface area contributed by atoms with Crippen LogP contribution in [0, 0.1) is 12.3 Å². The Morgan fingerprint density at radius 3 is 2.68 bits per heavy atom. The van der Waals surface area contributed by atoms with Gasteiger partial charge in [0.25, 0.3) is 0 Å². The predicted molar refractivity (Wildman–Crippen MR) is 138 cm³/mol. The number of phenolic OH excluding ortho intramolecular Hbond substituents is 1. The normalized spacial score (nSPS) is 13.1. The first-order chi connectivity index (χ1) is 16.5. The third-order valence-corrected chi connectivity index (χ3v) is 6.22. The molecule has 0 radical (unpaired) electrons. The van der Waals surface area contributed by atoms with Gasteiger partial charge in [0.05, 0.1) is 0 Å². The van der Waals surface area contributed by atoms with E-state index in [1.54, 1.807) is 6.07 Å². The monoisotopic (exact) mass is 454 g/mol. The van der Waals surface area contributed by atoms with Crippen LogP contribution in [0.15, 0.2) is 72.4 Å². The summed E-state index contributed by atoms with van der Waals surface area (Å²) in [5.41, 5.74) is 10.7. The number of hydrogen-bond donors (Lipinski definition) is 4. The van der Waals surface area contributed by atoms with Crippen LogP contribution >= 0.6 is 0 Å². The Hall–Kier alpha value is -4.06. The van der Waals surface area contributed by atoms with Gasteiger partial charge in [-0.15, -0.1) is 0 Å². The van der Waals surface area contributed by atoms with Gasteiger partial charge in [0, 0.05) is 29.0 Å². The summed E-state index contributed by atoms with van der Waals surface area (Å²) < 4.78 is 2.20. The highest BCUT2D eigenvalue weighted by molar-refractivity contribution is 5.98. The van der Waals surface area contributed by atoms with Crippen molar-refractivity contribution in [3.63, 3.8) is 0 Å². The van der Waals surface area contributed by atoms with Gasteiger partial charge in [-0.05, 0) is 78.6 Å². The number of carbonyl (C=O) groups excluding carboxylic acids is 1. The lowest BCUT2D eigenvalue weighted by Crippen LogP contribution is -2.11. The Labute approximate surface area is 199 Å². The van der Waals surface area contributed by atoms with Crippen molar-refractivity contribution in [1.82, 2.24) is 9.88 Å². The Kier molecular flexibility index (Phi) is 6.97. The Morgan fingerprint density at radius 1 is 1.12 bits per heavy atom. The molecule has 6 heteroatoms. The highest BCUT2D eigenvalue weighted by Crippen LogP contribution is 2.28. The van der Waals surface area contributed by atoms with Gasteiger partial charge in [-0.3, -0.25) is 10.2 Å². The molecule has 0 bridgehead atoms. The van der Waals surface area contributed by atoms with Crippen LogP contribution in [-0.4, -0.2) is 21.9 Å². The molecular formula is C28H30N4O2. The van der Waals surface area contributed by atoms with Gasteiger partial charge in [-0.1, -0.05) is 42.5 Å². The molecule has 0 fully saturated rings. The van der Waals surface area contributed by atoms with E-state index in [1.807, 2.05) is 42.5 Å². The summed E-state index contributed by atoms with van der Waals surface area (Å²) in [7, 11) is 0. The summed E-state index contributed by atoms with van der Waals surface area (Å²) in [6, 6.07) is 19.6. The average molecular weight is 455 g/mol. The molecule has 0 saturated carbocycles. The lowest BCUT2D eigenvalue weighted by atomic mass is 10.0. The molecule has 6 nitrogen and oxygen atoms in total. The van der Waals surface area contributed by atoms with Crippen LogP contribution in [0.5, 0.6) is 5.75 Å². The minimum Gasteiger partial charge on any atom is -0.508 e. The van der Waals surface area contributed by atoms with Gasteiger partial charge in [0.15, 0.2) is 0 Å². The van der Waals surface area contributed by atoms with E-state index >= 15 is 0 Å². The number of nitrogens with zero attached hydrogens (tertiary/aromatic N) is 1. The molecule has 0 aliphatic heterocycles. The van der Waals surface area contributed by atoms with Gasteiger partial charge in [0.2, 0.25) is 6.41 Å². The number of allylic oxidation sites excluding steroid dienone is 2. The molecule has 1 aliphatic carbocycles. The topological polar surface area (TPSA) is 104 Å². The molecule has 0 saturated heterocycles. The number of aromatic nitrogens is 1. The number of aromatic hydroxyl groups is 1. The van der Waals surface area contributed by atoms with Gasteiger partial charge in [-0.2, -0.15) is 0 Å². The van der Waals surface area contributed by atoms with Gasteiger partial charge in [0.1, 0.15) is 11.6 Å². The van der Waals surface area contributed by atoms with E-state index in [1.165, 1.54) is 12.8 Å². The van der Waals surface area contributed by atoms with Crippen LogP contribution in [-0.2, 0) is 11.3 Å². The first-order valence-electron chi connectivity index (χ1n) is 11.5. The van der Waals surface area contributed by atoms with Gasteiger partial charge < -0.3 is 20.7 Å². The molecular weight excluding hydrogens is 424 g/mol. The van der Waals surface area contributed by atoms with Crippen LogP contribution < -0.4 is 11.1 Å². The smallest absolute Gasteiger partial charge is 0.211 e. The number of nitrogens with two attached hydrogens (primary N) is 1. The minimum atomic E-state index is 0.0649. The maximum atomic E-state index is 10.1. The van der Waals surface area contributed by atoms with Crippen LogP contribution in [0.2, 0.25) is 0 Å². The number of phenols is 1. The number of nitrogen functional groups attached to an aromatic ring is 1. The number of amidine groups is 1. The van der Waals surface area contributed by atoms with Crippen LogP contribution in [0.3, 0.4) is 0 Å². The zero-order chi connectivity index (χ0) is 24.1. The van der Waals surface area contributed by atoms with Crippen molar-refractivity contribution in [2.75, 3.05) is 0 Å². The van der Waals surface area contributed by atoms with Crippen molar-refractivity contribution in [3.05, 3.63) is 89.3 Å². The van der Waals surface area contributed by atoms with Crippen molar-refractivity contribution in [2.24, 2.45) is 5.73 Å².